The van der Waals surface area contributed by atoms with Gasteiger partial charge < -0.3 is 4.74 Å². The topological polar surface area (TPSA) is 25.4 Å². The van der Waals surface area contributed by atoms with Crippen molar-refractivity contribution >= 4 is 11.6 Å². The molecule has 1 aromatic heterocycles. The second-order valence-electron chi connectivity index (χ2n) is 4.22. The van der Waals surface area contributed by atoms with Crippen molar-refractivity contribution in [3.05, 3.63) is 23.9 Å². The summed E-state index contributed by atoms with van der Waals surface area (Å²) < 4.78 is 5.11. The van der Waals surface area contributed by atoms with Crippen molar-refractivity contribution in [3.63, 3.8) is 0 Å². The molecule has 0 radical (unpaired) electrons. The lowest BCUT2D eigenvalue weighted by Gasteiger charge is -2.15. The first-order valence-electron chi connectivity index (χ1n) is 5.60. The van der Waals surface area contributed by atoms with E-state index in [0.717, 1.165) is 31.2 Å². The van der Waals surface area contributed by atoms with Gasteiger partial charge in [0.1, 0.15) is 0 Å². The second kappa shape index (κ2) is 5.51. The Hall–Kier alpha value is -0.800. The summed E-state index contributed by atoms with van der Waals surface area (Å²) in [5, 5.41) is 0. The molecule has 0 saturated carbocycles. The molecule has 0 spiro atoms. The molecule has 2 rings (SSSR count). The van der Waals surface area contributed by atoms with Gasteiger partial charge in [-0.1, -0.05) is 6.07 Å². The van der Waals surface area contributed by atoms with E-state index < -0.39 is 0 Å². The number of pyridine rings is 1. The van der Waals surface area contributed by atoms with Crippen LogP contribution in [0, 0.1) is 5.92 Å². The van der Waals surface area contributed by atoms with Gasteiger partial charge in [-0.25, -0.2) is 4.98 Å². The van der Waals surface area contributed by atoms with Crippen molar-refractivity contribution < 1.29 is 4.74 Å². The molecule has 1 saturated heterocycles. The minimum Gasteiger partial charge on any atom is -0.481 e. The molecule has 3 nitrogen and oxygen atoms in total. The average molecular weight is 241 g/mol. The standard InChI is InChI=1S/C12H17ClN2O/c1-16-12-4-2-3-11(14-12)9-15-6-5-10(7-13)8-15/h2-4,10H,5-9H2,1H3. The lowest BCUT2D eigenvalue weighted by molar-refractivity contribution is 0.313. The fourth-order valence-corrected chi connectivity index (χ4v) is 2.32. The van der Waals surface area contributed by atoms with Crippen LogP contribution in [0.5, 0.6) is 5.88 Å². The van der Waals surface area contributed by atoms with Crippen LogP contribution in [0.15, 0.2) is 18.2 Å². The fourth-order valence-electron chi connectivity index (χ4n) is 2.07. The summed E-state index contributed by atoms with van der Waals surface area (Å²) in [5.41, 5.74) is 1.06. The van der Waals surface area contributed by atoms with Crippen LogP contribution in [0.1, 0.15) is 12.1 Å². The molecule has 0 bridgehead atoms. The van der Waals surface area contributed by atoms with E-state index >= 15 is 0 Å². The second-order valence-corrected chi connectivity index (χ2v) is 4.52. The van der Waals surface area contributed by atoms with E-state index in [1.165, 1.54) is 6.42 Å². The van der Waals surface area contributed by atoms with Gasteiger partial charge >= 0.3 is 0 Å². The lowest BCUT2D eigenvalue weighted by Crippen LogP contribution is -2.21. The summed E-state index contributed by atoms with van der Waals surface area (Å²) >= 11 is 5.86. The molecule has 0 aliphatic carbocycles. The first kappa shape index (κ1) is 11.7. The highest BCUT2D eigenvalue weighted by atomic mass is 35.5. The van der Waals surface area contributed by atoms with E-state index in [4.69, 9.17) is 16.3 Å². The minimum atomic E-state index is 0.646. The predicted molar refractivity (Wildman–Crippen MR) is 64.9 cm³/mol. The average Bonchev–Trinajstić information content (AvgIpc) is 2.77. The van der Waals surface area contributed by atoms with E-state index in [1.807, 2.05) is 18.2 Å². The molecular formula is C12H17ClN2O. The van der Waals surface area contributed by atoms with Gasteiger partial charge in [0.2, 0.25) is 5.88 Å². The van der Waals surface area contributed by atoms with Crippen LogP contribution >= 0.6 is 11.6 Å². The molecule has 0 aromatic carbocycles. The molecule has 1 fully saturated rings. The van der Waals surface area contributed by atoms with Crippen LogP contribution in [0.25, 0.3) is 0 Å². The Morgan fingerprint density at radius 3 is 3.12 bits per heavy atom. The predicted octanol–water partition coefficient (Wildman–Crippen LogP) is 2.15. The molecule has 88 valence electrons. The summed E-state index contributed by atoms with van der Waals surface area (Å²) in [7, 11) is 1.64. The van der Waals surface area contributed by atoms with Crippen LogP contribution in [-0.4, -0.2) is 36.0 Å². The third-order valence-corrected chi connectivity index (χ3v) is 3.40. The largest absolute Gasteiger partial charge is 0.481 e. The van der Waals surface area contributed by atoms with Gasteiger partial charge in [-0.15, -0.1) is 11.6 Å². The Bertz CT molecular complexity index is 346. The Balaban J connectivity index is 1.94. The molecule has 0 N–H and O–H groups in total. The summed E-state index contributed by atoms with van der Waals surface area (Å²) in [5.74, 6) is 2.10. The summed E-state index contributed by atoms with van der Waals surface area (Å²) in [6, 6.07) is 5.89. The lowest BCUT2D eigenvalue weighted by atomic mass is 10.2. The number of ether oxygens (including phenoxy) is 1. The molecule has 1 unspecified atom stereocenters. The molecule has 1 atom stereocenters. The van der Waals surface area contributed by atoms with Crippen molar-refractivity contribution in [1.82, 2.24) is 9.88 Å². The minimum absolute atomic E-state index is 0.646. The number of hydrogen-bond donors (Lipinski definition) is 0. The van der Waals surface area contributed by atoms with Crippen molar-refractivity contribution in [1.29, 1.82) is 0 Å². The third kappa shape index (κ3) is 2.86. The highest BCUT2D eigenvalue weighted by molar-refractivity contribution is 6.18. The first-order chi connectivity index (χ1) is 7.81. The van der Waals surface area contributed by atoms with Crippen LogP contribution in [0.4, 0.5) is 0 Å². The molecule has 4 heteroatoms. The number of aromatic nitrogens is 1. The van der Waals surface area contributed by atoms with Gasteiger partial charge in [-0.3, -0.25) is 4.90 Å². The molecule has 1 aliphatic rings. The third-order valence-electron chi connectivity index (χ3n) is 2.96. The van der Waals surface area contributed by atoms with Crippen molar-refractivity contribution in [3.8, 4) is 5.88 Å². The summed E-state index contributed by atoms with van der Waals surface area (Å²) in [6.45, 7) is 3.10. The monoisotopic (exact) mass is 240 g/mol. The zero-order valence-corrected chi connectivity index (χ0v) is 10.3. The van der Waals surface area contributed by atoms with E-state index in [2.05, 4.69) is 9.88 Å². The van der Waals surface area contributed by atoms with Crippen molar-refractivity contribution in [2.24, 2.45) is 5.92 Å². The van der Waals surface area contributed by atoms with Crippen LogP contribution < -0.4 is 4.74 Å². The number of halogens is 1. The van der Waals surface area contributed by atoms with Crippen molar-refractivity contribution in [2.75, 3.05) is 26.1 Å². The van der Waals surface area contributed by atoms with Crippen LogP contribution in [0.3, 0.4) is 0 Å². The molecule has 0 amide bonds. The number of likely N-dealkylation sites (tertiary alicyclic amines) is 1. The number of nitrogens with zero attached hydrogens (tertiary/aromatic N) is 2. The molecule has 1 aromatic rings. The van der Waals surface area contributed by atoms with Gasteiger partial charge in [-0.05, 0) is 24.9 Å². The molecule has 16 heavy (non-hydrogen) atoms. The normalized spacial score (nSPS) is 21.2. The number of alkyl halides is 1. The van der Waals surface area contributed by atoms with Crippen molar-refractivity contribution in [2.45, 2.75) is 13.0 Å². The van der Waals surface area contributed by atoms with Gasteiger partial charge in [-0.2, -0.15) is 0 Å². The van der Waals surface area contributed by atoms with Gasteiger partial charge in [0.05, 0.1) is 12.8 Å². The van der Waals surface area contributed by atoms with E-state index in [-0.39, 0.29) is 0 Å². The smallest absolute Gasteiger partial charge is 0.213 e. The van der Waals surface area contributed by atoms with Gasteiger partial charge in [0.25, 0.3) is 0 Å². The fraction of sp³-hybridized carbons (Fsp3) is 0.583. The first-order valence-corrected chi connectivity index (χ1v) is 6.13. The zero-order valence-electron chi connectivity index (χ0n) is 9.53. The highest BCUT2D eigenvalue weighted by Crippen LogP contribution is 2.19. The SMILES string of the molecule is COc1cccc(CN2CCC(CCl)C2)n1. The number of rotatable bonds is 4. The van der Waals surface area contributed by atoms with E-state index in [0.29, 0.717) is 11.8 Å². The quantitative estimate of drug-likeness (QED) is 0.755. The van der Waals surface area contributed by atoms with Gasteiger partial charge in [0, 0.05) is 25.0 Å². The zero-order chi connectivity index (χ0) is 11.4. The maximum atomic E-state index is 5.86. The Labute approximate surface area is 101 Å². The highest BCUT2D eigenvalue weighted by Gasteiger charge is 2.21. The van der Waals surface area contributed by atoms with Crippen LogP contribution in [0.2, 0.25) is 0 Å². The molecule has 1 aliphatic heterocycles. The van der Waals surface area contributed by atoms with E-state index in [9.17, 15) is 0 Å². The summed E-state index contributed by atoms with van der Waals surface area (Å²) in [6.07, 6.45) is 1.20. The molecule has 2 heterocycles. The van der Waals surface area contributed by atoms with Crippen LogP contribution in [-0.2, 0) is 6.54 Å². The van der Waals surface area contributed by atoms with E-state index in [1.54, 1.807) is 7.11 Å². The Morgan fingerprint density at radius 1 is 1.56 bits per heavy atom. The Kier molecular flexibility index (Phi) is 4.02. The summed E-state index contributed by atoms with van der Waals surface area (Å²) in [4.78, 5) is 6.81. The molecular weight excluding hydrogens is 224 g/mol. The Morgan fingerprint density at radius 2 is 2.44 bits per heavy atom. The maximum Gasteiger partial charge on any atom is 0.213 e. The maximum absolute atomic E-state index is 5.86. The van der Waals surface area contributed by atoms with Gasteiger partial charge in [0.15, 0.2) is 0 Å². The number of methoxy groups -OCH3 is 1. The number of hydrogen-bond acceptors (Lipinski definition) is 3.